The summed E-state index contributed by atoms with van der Waals surface area (Å²) in [5.74, 6) is 2.45. The molecule has 0 atom stereocenters. The van der Waals surface area contributed by atoms with Crippen molar-refractivity contribution in [3.63, 3.8) is 0 Å². The van der Waals surface area contributed by atoms with Gasteiger partial charge in [-0.25, -0.2) is 4.99 Å². The van der Waals surface area contributed by atoms with E-state index in [-0.39, 0.29) is 5.91 Å². The van der Waals surface area contributed by atoms with Crippen molar-refractivity contribution in [3.05, 3.63) is 29.8 Å². The van der Waals surface area contributed by atoms with Gasteiger partial charge in [0.05, 0.1) is 6.54 Å². The standard InChI is InChI=1S/C20H34N4OS/c1-5-21-20(22-11-6-7-12-26-4)23-15-17-9-8-10-18(14-17)24-19(25)13-16(2)3/h8-10,14,16H,5-7,11-13,15H2,1-4H3,(H,24,25)(H2,21,22,23). The second-order valence-electron chi connectivity index (χ2n) is 6.67. The number of hydrogen-bond acceptors (Lipinski definition) is 3. The lowest BCUT2D eigenvalue weighted by molar-refractivity contribution is -0.116. The Labute approximate surface area is 162 Å². The van der Waals surface area contributed by atoms with Gasteiger partial charge in [0.1, 0.15) is 0 Å². The van der Waals surface area contributed by atoms with Gasteiger partial charge in [-0.1, -0.05) is 26.0 Å². The van der Waals surface area contributed by atoms with E-state index in [0.29, 0.717) is 18.9 Å². The van der Waals surface area contributed by atoms with E-state index in [1.807, 2.05) is 49.9 Å². The lowest BCUT2D eigenvalue weighted by atomic mass is 10.1. The third-order valence-corrected chi connectivity index (χ3v) is 4.33. The predicted molar refractivity (Wildman–Crippen MR) is 115 cm³/mol. The van der Waals surface area contributed by atoms with Crippen LogP contribution in [0.25, 0.3) is 0 Å². The SMILES string of the molecule is CCNC(=NCc1cccc(NC(=O)CC(C)C)c1)NCCCCSC. The summed E-state index contributed by atoms with van der Waals surface area (Å²) in [7, 11) is 0. The zero-order valence-electron chi connectivity index (χ0n) is 16.6. The van der Waals surface area contributed by atoms with Crippen LogP contribution in [-0.4, -0.2) is 37.0 Å². The molecule has 1 aromatic rings. The van der Waals surface area contributed by atoms with Crippen LogP contribution < -0.4 is 16.0 Å². The molecule has 1 aromatic carbocycles. The van der Waals surface area contributed by atoms with Crippen molar-refractivity contribution in [2.24, 2.45) is 10.9 Å². The van der Waals surface area contributed by atoms with E-state index in [1.165, 1.54) is 12.2 Å². The molecule has 3 N–H and O–H groups in total. The summed E-state index contributed by atoms with van der Waals surface area (Å²) in [4.78, 5) is 16.6. The largest absolute Gasteiger partial charge is 0.357 e. The van der Waals surface area contributed by atoms with Crippen molar-refractivity contribution < 1.29 is 4.79 Å². The maximum Gasteiger partial charge on any atom is 0.224 e. The molecule has 0 fully saturated rings. The molecule has 6 heteroatoms. The zero-order valence-corrected chi connectivity index (χ0v) is 17.4. The van der Waals surface area contributed by atoms with E-state index in [4.69, 9.17) is 0 Å². The van der Waals surface area contributed by atoms with Crippen LogP contribution in [0, 0.1) is 5.92 Å². The van der Waals surface area contributed by atoms with Crippen LogP contribution in [-0.2, 0) is 11.3 Å². The first kappa shape index (κ1) is 22.4. The van der Waals surface area contributed by atoms with E-state index < -0.39 is 0 Å². The van der Waals surface area contributed by atoms with Crippen LogP contribution in [0.15, 0.2) is 29.3 Å². The fraction of sp³-hybridized carbons (Fsp3) is 0.600. The minimum absolute atomic E-state index is 0.0564. The summed E-state index contributed by atoms with van der Waals surface area (Å²) in [6.45, 7) is 8.49. The second-order valence-corrected chi connectivity index (χ2v) is 7.65. The van der Waals surface area contributed by atoms with Crippen LogP contribution >= 0.6 is 11.8 Å². The number of nitrogens with zero attached hydrogens (tertiary/aromatic N) is 1. The van der Waals surface area contributed by atoms with Crippen molar-refractivity contribution in [2.45, 2.75) is 46.6 Å². The molecular weight excluding hydrogens is 344 g/mol. The Hall–Kier alpha value is -1.69. The number of aliphatic imine (C=N–C) groups is 1. The Balaban J connectivity index is 2.56. The first-order valence-corrected chi connectivity index (χ1v) is 10.8. The first-order chi connectivity index (χ1) is 12.5. The Morgan fingerprint density at radius 1 is 1.23 bits per heavy atom. The Bertz CT molecular complexity index is 560. The summed E-state index contributed by atoms with van der Waals surface area (Å²) in [5, 5.41) is 9.61. The summed E-state index contributed by atoms with van der Waals surface area (Å²) in [5.41, 5.74) is 1.91. The van der Waals surface area contributed by atoms with Crippen LogP contribution in [0.4, 0.5) is 5.69 Å². The molecule has 0 aliphatic rings. The molecule has 1 amide bonds. The van der Waals surface area contributed by atoms with Gasteiger partial charge in [0.25, 0.3) is 0 Å². The van der Waals surface area contributed by atoms with E-state index in [1.54, 1.807) is 0 Å². The monoisotopic (exact) mass is 378 g/mol. The van der Waals surface area contributed by atoms with E-state index in [0.717, 1.165) is 36.7 Å². The van der Waals surface area contributed by atoms with Crippen molar-refractivity contribution in [1.82, 2.24) is 10.6 Å². The topological polar surface area (TPSA) is 65.5 Å². The Morgan fingerprint density at radius 2 is 2.04 bits per heavy atom. The number of nitrogens with one attached hydrogen (secondary N) is 3. The smallest absolute Gasteiger partial charge is 0.224 e. The van der Waals surface area contributed by atoms with E-state index in [9.17, 15) is 4.79 Å². The molecule has 0 unspecified atom stereocenters. The Morgan fingerprint density at radius 3 is 2.73 bits per heavy atom. The number of carbonyl (C=O) groups excluding carboxylic acids is 1. The number of anilines is 1. The number of unbranched alkanes of at least 4 members (excludes halogenated alkanes) is 1. The molecule has 0 saturated carbocycles. The zero-order chi connectivity index (χ0) is 19.2. The average molecular weight is 379 g/mol. The number of benzene rings is 1. The normalized spacial score (nSPS) is 11.5. The highest BCUT2D eigenvalue weighted by Crippen LogP contribution is 2.13. The summed E-state index contributed by atoms with van der Waals surface area (Å²) in [6, 6.07) is 7.90. The molecule has 0 radical (unpaired) electrons. The maximum absolute atomic E-state index is 11.9. The molecule has 0 bridgehead atoms. The van der Waals surface area contributed by atoms with Crippen LogP contribution in [0.2, 0.25) is 0 Å². The van der Waals surface area contributed by atoms with Crippen molar-refractivity contribution in [2.75, 3.05) is 30.4 Å². The fourth-order valence-corrected chi connectivity index (χ4v) is 2.91. The molecule has 0 aliphatic carbocycles. The molecule has 0 spiro atoms. The molecule has 26 heavy (non-hydrogen) atoms. The molecule has 5 nitrogen and oxygen atoms in total. The van der Waals surface area contributed by atoms with Crippen molar-refractivity contribution >= 4 is 29.3 Å². The van der Waals surface area contributed by atoms with Crippen LogP contribution in [0.5, 0.6) is 0 Å². The molecule has 1 rings (SSSR count). The van der Waals surface area contributed by atoms with Gasteiger partial charge in [0.2, 0.25) is 5.91 Å². The summed E-state index contributed by atoms with van der Waals surface area (Å²) < 4.78 is 0. The van der Waals surface area contributed by atoms with Crippen molar-refractivity contribution in [1.29, 1.82) is 0 Å². The van der Waals surface area contributed by atoms with Gasteiger partial charge in [-0.2, -0.15) is 11.8 Å². The minimum Gasteiger partial charge on any atom is -0.357 e. The molecule has 0 aromatic heterocycles. The van der Waals surface area contributed by atoms with Crippen LogP contribution in [0.3, 0.4) is 0 Å². The molecule has 0 saturated heterocycles. The van der Waals surface area contributed by atoms with Gasteiger partial charge in [-0.15, -0.1) is 0 Å². The third-order valence-electron chi connectivity index (χ3n) is 3.64. The lowest BCUT2D eigenvalue weighted by Gasteiger charge is -2.12. The first-order valence-electron chi connectivity index (χ1n) is 9.45. The number of hydrogen-bond donors (Lipinski definition) is 3. The Kier molecular flexibility index (Phi) is 11.6. The van der Waals surface area contributed by atoms with Crippen molar-refractivity contribution in [3.8, 4) is 0 Å². The van der Waals surface area contributed by atoms with Gasteiger partial charge in [-0.05, 0) is 55.4 Å². The summed E-state index contributed by atoms with van der Waals surface area (Å²) >= 11 is 1.88. The number of guanidine groups is 1. The highest BCUT2D eigenvalue weighted by atomic mass is 32.2. The van der Waals surface area contributed by atoms with Gasteiger partial charge < -0.3 is 16.0 Å². The number of thioether (sulfide) groups is 1. The highest BCUT2D eigenvalue weighted by Gasteiger charge is 2.05. The minimum atomic E-state index is 0.0564. The molecule has 0 aliphatic heterocycles. The number of rotatable bonds is 11. The molecule has 0 heterocycles. The third kappa shape index (κ3) is 10.3. The molecular formula is C20H34N4OS. The predicted octanol–water partition coefficient (Wildman–Crippen LogP) is 3.87. The van der Waals surface area contributed by atoms with Gasteiger partial charge >= 0.3 is 0 Å². The highest BCUT2D eigenvalue weighted by molar-refractivity contribution is 7.98. The van der Waals surface area contributed by atoms with Gasteiger partial charge in [-0.3, -0.25) is 4.79 Å². The number of amides is 1. The fourth-order valence-electron chi connectivity index (χ4n) is 2.42. The van der Waals surface area contributed by atoms with E-state index >= 15 is 0 Å². The second kappa shape index (κ2) is 13.5. The average Bonchev–Trinajstić information content (AvgIpc) is 2.59. The number of carbonyl (C=O) groups is 1. The van der Waals surface area contributed by atoms with Gasteiger partial charge in [0, 0.05) is 25.2 Å². The summed E-state index contributed by atoms with van der Waals surface area (Å²) in [6.07, 6.45) is 5.03. The molecule has 146 valence electrons. The maximum atomic E-state index is 11.9. The quantitative estimate of drug-likeness (QED) is 0.311. The van der Waals surface area contributed by atoms with Gasteiger partial charge in [0.15, 0.2) is 5.96 Å². The lowest BCUT2D eigenvalue weighted by Crippen LogP contribution is -2.37. The van der Waals surface area contributed by atoms with E-state index in [2.05, 4.69) is 34.1 Å². The van der Waals surface area contributed by atoms with Crippen LogP contribution in [0.1, 0.15) is 45.6 Å².